The molecule has 0 spiro atoms. The Morgan fingerprint density at radius 2 is 1.75 bits per heavy atom. The standard InChI is InChI=1S/C27H37N3O2/c31-27(11-5-4-9-22-7-2-1-3-8-22)29-24-12-14-25(15-13-24)30-18-16-23(17-19-30)28-21-26-10-6-20-32-26/h1-3,7-8,12-15,23,26,28H,4-6,9-11,16-21H2,(H,29,31)/t26-/m1/s1. The highest BCUT2D eigenvalue weighted by molar-refractivity contribution is 5.90. The molecule has 2 fully saturated rings. The van der Waals surface area contributed by atoms with E-state index in [1.807, 2.05) is 18.2 Å². The van der Waals surface area contributed by atoms with Gasteiger partial charge in [-0.1, -0.05) is 30.3 Å². The van der Waals surface area contributed by atoms with Crippen molar-refractivity contribution in [3.8, 4) is 0 Å². The van der Waals surface area contributed by atoms with E-state index >= 15 is 0 Å². The molecule has 0 saturated carbocycles. The van der Waals surface area contributed by atoms with Gasteiger partial charge in [0.15, 0.2) is 0 Å². The van der Waals surface area contributed by atoms with Crippen LogP contribution in [0.2, 0.25) is 0 Å². The van der Waals surface area contributed by atoms with Crippen LogP contribution in [0.4, 0.5) is 11.4 Å². The number of amides is 1. The van der Waals surface area contributed by atoms with Crippen LogP contribution >= 0.6 is 0 Å². The lowest BCUT2D eigenvalue weighted by atomic mass is 10.0. The number of nitrogens with zero attached hydrogens (tertiary/aromatic N) is 1. The van der Waals surface area contributed by atoms with Crippen molar-refractivity contribution in [2.75, 3.05) is 36.5 Å². The van der Waals surface area contributed by atoms with Gasteiger partial charge >= 0.3 is 0 Å². The Balaban J connectivity index is 1.13. The molecule has 0 aliphatic carbocycles. The molecule has 0 aromatic heterocycles. The second-order valence-corrected chi connectivity index (χ2v) is 9.09. The summed E-state index contributed by atoms with van der Waals surface area (Å²) >= 11 is 0. The number of rotatable bonds is 10. The predicted octanol–water partition coefficient (Wildman–Crippen LogP) is 4.78. The highest BCUT2D eigenvalue weighted by Crippen LogP contribution is 2.23. The van der Waals surface area contributed by atoms with Gasteiger partial charge in [-0.25, -0.2) is 0 Å². The number of unbranched alkanes of at least 4 members (excludes halogenated alkanes) is 1. The Morgan fingerprint density at radius 3 is 2.47 bits per heavy atom. The summed E-state index contributed by atoms with van der Waals surface area (Å²) < 4.78 is 5.72. The minimum absolute atomic E-state index is 0.101. The third-order valence-electron chi connectivity index (χ3n) is 6.63. The molecule has 2 aromatic rings. The van der Waals surface area contributed by atoms with Gasteiger partial charge in [-0.05, 0) is 74.8 Å². The van der Waals surface area contributed by atoms with Gasteiger partial charge < -0.3 is 20.3 Å². The van der Waals surface area contributed by atoms with E-state index in [9.17, 15) is 4.79 Å². The van der Waals surface area contributed by atoms with Crippen LogP contribution in [0.3, 0.4) is 0 Å². The minimum Gasteiger partial charge on any atom is -0.377 e. The first-order chi connectivity index (χ1) is 15.8. The van der Waals surface area contributed by atoms with Crippen LogP contribution in [0.15, 0.2) is 54.6 Å². The van der Waals surface area contributed by atoms with E-state index in [0.717, 1.165) is 64.0 Å². The van der Waals surface area contributed by atoms with Crippen LogP contribution in [0.1, 0.15) is 50.5 Å². The Bertz CT molecular complexity index is 811. The van der Waals surface area contributed by atoms with Gasteiger partial charge in [-0.3, -0.25) is 4.79 Å². The molecular weight excluding hydrogens is 398 g/mol. The molecule has 0 bridgehead atoms. The van der Waals surface area contributed by atoms with E-state index in [2.05, 4.69) is 51.9 Å². The number of carbonyl (C=O) groups excluding carboxylic acids is 1. The largest absolute Gasteiger partial charge is 0.377 e. The monoisotopic (exact) mass is 435 g/mol. The molecule has 2 N–H and O–H groups in total. The minimum atomic E-state index is 0.101. The van der Waals surface area contributed by atoms with E-state index < -0.39 is 0 Å². The Morgan fingerprint density at radius 1 is 0.969 bits per heavy atom. The Hall–Kier alpha value is -2.37. The number of anilines is 2. The molecule has 2 saturated heterocycles. The van der Waals surface area contributed by atoms with Crippen LogP contribution in [-0.4, -0.2) is 44.3 Å². The molecular formula is C27H37N3O2. The lowest BCUT2D eigenvalue weighted by Crippen LogP contribution is -2.44. The number of benzene rings is 2. The molecule has 4 rings (SSSR count). The Kier molecular flexibility index (Phi) is 8.57. The normalized spacial score (nSPS) is 19.2. The molecule has 172 valence electrons. The average Bonchev–Trinajstić information content (AvgIpc) is 3.36. The topological polar surface area (TPSA) is 53.6 Å². The van der Waals surface area contributed by atoms with Crippen molar-refractivity contribution in [3.05, 3.63) is 60.2 Å². The van der Waals surface area contributed by atoms with Crippen LogP contribution in [0, 0.1) is 0 Å². The van der Waals surface area contributed by atoms with E-state index in [1.54, 1.807) is 0 Å². The summed E-state index contributed by atoms with van der Waals surface area (Å²) in [6.07, 6.45) is 8.69. The van der Waals surface area contributed by atoms with Gasteiger partial charge in [-0.2, -0.15) is 0 Å². The number of carbonyl (C=O) groups is 1. The number of ether oxygens (including phenoxy) is 1. The average molecular weight is 436 g/mol. The number of aryl methyl sites for hydroxylation is 1. The second kappa shape index (κ2) is 12.0. The van der Waals surface area contributed by atoms with E-state index in [1.165, 1.54) is 24.1 Å². The lowest BCUT2D eigenvalue weighted by molar-refractivity contribution is -0.116. The van der Waals surface area contributed by atoms with Crippen LogP contribution in [0.25, 0.3) is 0 Å². The number of hydrogen-bond acceptors (Lipinski definition) is 4. The molecule has 32 heavy (non-hydrogen) atoms. The molecule has 5 nitrogen and oxygen atoms in total. The summed E-state index contributed by atoms with van der Waals surface area (Å²) in [7, 11) is 0. The van der Waals surface area contributed by atoms with E-state index in [4.69, 9.17) is 4.74 Å². The molecule has 0 radical (unpaired) electrons. The summed E-state index contributed by atoms with van der Waals surface area (Å²) in [4.78, 5) is 14.7. The zero-order chi connectivity index (χ0) is 22.0. The first kappa shape index (κ1) is 22.8. The molecule has 1 atom stereocenters. The Labute approximate surface area is 192 Å². The highest BCUT2D eigenvalue weighted by atomic mass is 16.5. The molecule has 2 aromatic carbocycles. The quantitative estimate of drug-likeness (QED) is 0.528. The lowest BCUT2D eigenvalue weighted by Gasteiger charge is -2.34. The van der Waals surface area contributed by atoms with Crippen molar-refractivity contribution < 1.29 is 9.53 Å². The summed E-state index contributed by atoms with van der Waals surface area (Å²) in [5, 5.41) is 6.74. The maximum atomic E-state index is 12.3. The number of piperidine rings is 1. The van der Waals surface area contributed by atoms with Gasteiger partial charge in [0.25, 0.3) is 0 Å². The summed E-state index contributed by atoms with van der Waals surface area (Å²) in [6, 6.07) is 19.4. The molecule has 0 unspecified atom stereocenters. The van der Waals surface area contributed by atoms with E-state index in [-0.39, 0.29) is 5.91 Å². The fraction of sp³-hybridized carbons (Fsp3) is 0.519. The van der Waals surface area contributed by atoms with Crippen molar-refractivity contribution >= 4 is 17.3 Å². The van der Waals surface area contributed by atoms with Crippen molar-refractivity contribution in [1.29, 1.82) is 0 Å². The third kappa shape index (κ3) is 7.07. The van der Waals surface area contributed by atoms with Gasteiger partial charge in [0, 0.05) is 50.1 Å². The van der Waals surface area contributed by atoms with Crippen LogP contribution in [-0.2, 0) is 16.0 Å². The first-order valence-corrected chi connectivity index (χ1v) is 12.3. The van der Waals surface area contributed by atoms with Crippen molar-refractivity contribution in [1.82, 2.24) is 5.32 Å². The van der Waals surface area contributed by atoms with Gasteiger partial charge in [-0.15, -0.1) is 0 Å². The van der Waals surface area contributed by atoms with Gasteiger partial charge in [0.2, 0.25) is 5.91 Å². The first-order valence-electron chi connectivity index (χ1n) is 12.3. The highest BCUT2D eigenvalue weighted by Gasteiger charge is 2.21. The van der Waals surface area contributed by atoms with Crippen LogP contribution in [0.5, 0.6) is 0 Å². The zero-order valence-electron chi connectivity index (χ0n) is 19.1. The van der Waals surface area contributed by atoms with E-state index in [0.29, 0.717) is 18.6 Å². The smallest absolute Gasteiger partial charge is 0.224 e. The molecule has 2 aliphatic heterocycles. The number of hydrogen-bond donors (Lipinski definition) is 2. The second-order valence-electron chi connectivity index (χ2n) is 9.09. The van der Waals surface area contributed by atoms with Gasteiger partial charge in [0.05, 0.1) is 6.10 Å². The summed E-state index contributed by atoms with van der Waals surface area (Å²) in [6.45, 7) is 4.05. The zero-order valence-corrected chi connectivity index (χ0v) is 19.1. The fourth-order valence-corrected chi connectivity index (χ4v) is 4.68. The van der Waals surface area contributed by atoms with Gasteiger partial charge in [0.1, 0.15) is 0 Å². The predicted molar refractivity (Wildman–Crippen MR) is 131 cm³/mol. The van der Waals surface area contributed by atoms with Crippen molar-refractivity contribution in [2.24, 2.45) is 0 Å². The SMILES string of the molecule is O=C(CCCCc1ccccc1)Nc1ccc(N2CCC(NC[C@H]3CCCO3)CC2)cc1. The summed E-state index contributed by atoms with van der Waals surface area (Å²) in [5.41, 5.74) is 3.46. The molecule has 5 heteroatoms. The molecule has 1 amide bonds. The van der Waals surface area contributed by atoms with Crippen LogP contribution < -0.4 is 15.5 Å². The maximum Gasteiger partial charge on any atom is 0.224 e. The molecule has 2 heterocycles. The fourth-order valence-electron chi connectivity index (χ4n) is 4.68. The summed E-state index contributed by atoms with van der Waals surface area (Å²) in [5.74, 6) is 0.101. The maximum absolute atomic E-state index is 12.3. The third-order valence-corrected chi connectivity index (χ3v) is 6.63. The van der Waals surface area contributed by atoms with Crippen molar-refractivity contribution in [2.45, 2.75) is 63.5 Å². The number of nitrogens with one attached hydrogen (secondary N) is 2. The molecule has 2 aliphatic rings. The van der Waals surface area contributed by atoms with Crippen molar-refractivity contribution in [3.63, 3.8) is 0 Å².